The molecule has 1 fully saturated rings. The smallest absolute Gasteiger partial charge is 0.204 e. The maximum Gasteiger partial charge on any atom is 0.204 e. The van der Waals surface area contributed by atoms with Gasteiger partial charge in [-0.15, -0.1) is 0 Å². The highest BCUT2D eigenvalue weighted by Crippen LogP contribution is 2.23. The second-order valence-corrected chi connectivity index (χ2v) is 6.55. The van der Waals surface area contributed by atoms with Crippen molar-refractivity contribution in [3.63, 3.8) is 0 Å². The molecule has 1 unspecified atom stereocenters. The highest BCUT2D eigenvalue weighted by atomic mass is 15.3. The Bertz CT molecular complexity index is 828. The number of rotatable bonds is 6. The lowest BCUT2D eigenvalue weighted by atomic mass is 10.3. The van der Waals surface area contributed by atoms with Crippen LogP contribution in [-0.4, -0.2) is 51.7 Å². The summed E-state index contributed by atoms with van der Waals surface area (Å²) >= 11 is 0. The number of fused-ring (bicyclic) bond motifs is 1. The van der Waals surface area contributed by atoms with E-state index in [0.717, 1.165) is 48.7 Å². The van der Waals surface area contributed by atoms with E-state index in [-0.39, 0.29) is 0 Å². The first-order chi connectivity index (χ1) is 12.3. The second kappa shape index (κ2) is 7.21. The van der Waals surface area contributed by atoms with Gasteiger partial charge in [-0.1, -0.05) is 18.2 Å². The molecule has 1 aliphatic rings. The van der Waals surface area contributed by atoms with Crippen LogP contribution < -0.4 is 11.1 Å². The van der Waals surface area contributed by atoms with Gasteiger partial charge >= 0.3 is 0 Å². The minimum absolute atomic E-state index is 0.408. The maximum atomic E-state index is 5.68. The predicted molar refractivity (Wildman–Crippen MR) is 101 cm³/mol. The predicted octanol–water partition coefficient (Wildman–Crippen LogP) is 1.92. The molecule has 1 aromatic carbocycles. The molecule has 2 aromatic heterocycles. The summed E-state index contributed by atoms with van der Waals surface area (Å²) in [5, 5.41) is 3.65. The Balaban J connectivity index is 1.60. The average molecular weight is 336 g/mol. The quantitative estimate of drug-likeness (QED) is 0.720. The molecule has 6 heteroatoms. The number of hydrogen-bond donors (Lipinski definition) is 2. The Morgan fingerprint density at radius 1 is 1.16 bits per heavy atom. The monoisotopic (exact) mass is 336 g/mol. The summed E-state index contributed by atoms with van der Waals surface area (Å²) in [6.07, 6.45) is 2.95. The van der Waals surface area contributed by atoms with Gasteiger partial charge in [0.1, 0.15) is 0 Å². The molecule has 3 N–H and O–H groups in total. The third-order valence-corrected chi connectivity index (χ3v) is 4.75. The van der Waals surface area contributed by atoms with E-state index in [2.05, 4.69) is 44.0 Å². The van der Waals surface area contributed by atoms with Crippen LogP contribution in [0.25, 0.3) is 11.0 Å². The fourth-order valence-electron chi connectivity index (χ4n) is 3.52. The molecule has 0 saturated carbocycles. The largest absolute Gasteiger partial charge is 0.352 e. The zero-order valence-electron chi connectivity index (χ0n) is 14.3. The van der Waals surface area contributed by atoms with E-state index < -0.39 is 0 Å². The van der Waals surface area contributed by atoms with Gasteiger partial charge < -0.3 is 15.6 Å². The lowest BCUT2D eigenvalue weighted by Gasteiger charge is -2.17. The number of para-hydroxylation sites is 2. The topological polar surface area (TPSA) is 72.0 Å². The van der Waals surface area contributed by atoms with Crippen molar-refractivity contribution in [3.8, 4) is 0 Å². The number of benzene rings is 1. The Hall–Kier alpha value is -2.44. The van der Waals surface area contributed by atoms with Crippen molar-refractivity contribution in [2.45, 2.75) is 19.0 Å². The molecule has 1 aliphatic heterocycles. The van der Waals surface area contributed by atoms with E-state index in [0.29, 0.717) is 19.1 Å². The number of nitrogens with two attached hydrogens (primary N) is 1. The van der Waals surface area contributed by atoms with Crippen LogP contribution >= 0.6 is 0 Å². The molecule has 0 amide bonds. The van der Waals surface area contributed by atoms with Crippen molar-refractivity contribution in [1.29, 1.82) is 0 Å². The van der Waals surface area contributed by atoms with Crippen LogP contribution in [0.5, 0.6) is 0 Å². The summed E-state index contributed by atoms with van der Waals surface area (Å²) in [6.45, 7) is 4.50. The summed E-state index contributed by atoms with van der Waals surface area (Å²) in [7, 11) is 0. The minimum Gasteiger partial charge on any atom is -0.352 e. The van der Waals surface area contributed by atoms with Crippen molar-refractivity contribution < 1.29 is 0 Å². The van der Waals surface area contributed by atoms with E-state index in [9.17, 15) is 0 Å². The Labute approximate surface area is 147 Å². The molecule has 3 heterocycles. The van der Waals surface area contributed by atoms with Crippen LogP contribution in [0, 0.1) is 0 Å². The first kappa shape index (κ1) is 16.1. The highest BCUT2D eigenvalue weighted by Gasteiger charge is 2.23. The van der Waals surface area contributed by atoms with E-state index in [1.165, 1.54) is 0 Å². The molecule has 0 aliphatic carbocycles. The number of likely N-dealkylation sites (tertiary alicyclic amines) is 1. The lowest BCUT2D eigenvalue weighted by molar-refractivity contribution is 0.346. The van der Waals surface area contributed by atoms with E-state index >= 15 is 0 Å². The van der Waals surface area contributed by atoms with Crippen molar-refractivity contribution in [3.05, 3.63) is 54.4 Å². The van der Waals surface area contributed by atoms with Crippen molar-refractivity contribution in [2.75, 3.05) is 31.5 Å². The molecule has 4 rings (SSSR count). The Kier molecular flexibility index (Phi) is 4.63. The van der Waals surface area contributed by atoms with Crippen LogP contribution in [-0.2, 0) is 6.54 Å². The molecular formula is C19H24N6. The molecule has 25 heavy (non-hydrogen) atoms. The molecule has 0 bridgehead atoms. The fourth-order valence-corrected chi connectivity index (χ4v) is 3.52. The Morgan fingerprint density at radius 3 is 2.88 bits per heavy atom. The molecular weight excluding hydrogens is 312 g/mol. The normalized spacial score (nSPS) is 18.0. The standard InChI is InChI=1S/C19H24N6/c20-9-12-24-11-8-16(13-24)22-19-23-17-6-1-2-7-18(17)25(19)14-15-5-3-4-10-21-15/h1-7,10,16H,8-9,11-14,20H2,(H,22,23). The van der Waals surface area contributed by atoms with E-state index in [1.54, 1.807) is 0 Å². The summed E-state index contributed by atoms with van der Waals surface area (Å²) < 4.78 is 2.23. The van der Waals surface area contributed by atoms with Crippen LogP contribution in [0.1, 0.15) is 12.1 Å². The summed E-state index contributed by atoms with van der Waals surface area (Å²) in [6, 6.07) is 14.7. The maximum absolute atomic E-state index is 5.68. The molecule has 6 nitrogen and oxygen atoms in total. The molecule has 1 atom stereocenters. The van der Waals surface area contributed by atoms with Crippen LogP contribution in [0.2, 0.25) is 0 Å². The van der Waals surface area contributed by atoms with Gasteiger partial charge in [0.25, 0.3) is 0 Å². The molecule has 130 valence electrons. The summed E-state index contributed by atoms with van der Waals surface area (Å²) in [5.74, 6) is 0.923. The van der Waals surface area contributed by atoms with Crippen molar-refractivity contribution >= 4 is 17.0 Å². The SMILES string of the molecule is NCCN1CCC(Nc2nc3ccccc3n2Cc2ccccn2)C1. The molecule has 3 aromatic rings. The fraction of sp³-hybridized carbons (Fsp3) is 0.368. The van der Waals surface area contributed by atoms with Crippen LogP contribution in [0.4, 0.5) is 5.95 Å². The number of hydrogen-bond acceptors (Lipinski definition) is 5. The Morgan fingerprint density at radius 2 is 2.04 bits per heavy atom. The average Bonchev–Trinajstić information content (AvgIpc) is 3.22. The first-order valence-corrected chi connectivity index (χ1v) is 8.87. The third kappa shape index (κ3) is 3.50. The zero-order chi connectivity index (χ0) is 17.1. The third-order valence-electron chi connectivity index (χ3n) is 4.75. The minimum atomic E-state index is 0.408. The van der Waals surface area contributed by atoms with Crippen molar-refractivity contribution in [2.24, 2.45) is 5.73 Å². The molecule has 0 spiro atoms. The van der Waals surface area contributed by atoms with Gasteiger partial charge in [-0.25, -0.2) is 4.98 Å². The van der Waals surface area contributed by atoms with Gasteiger partial charge in [-0.3, -0.25) is 9.88 Å². The number of aromatic nitrogens is 3. The van der Waals surface area contributed by atoms with Crippen molar-refractivity contribution in [1.82, 2.24) is 19.4 Å². The van der Waals surface area contributed by atoms with E-state index in [4.69, 9.17) is 10.7 Å². The van der Waals surface area contributed by atoms with Crippen LogP contribution in [0.3, 0.4) is 0 Å². The van der Waals surface area contributed by atoms with Gasteiger partial charge in [-0.05, 0) is 30.7 Å². The van der Waals surface area contributed by atoms with Gasteiger partial charge in [-0.2, -0.15) is 0 Å². The highest BCUT2D eigenvalue weighted by molar-refractivity contribution is 5.78. The lowest BCUT2D eigenvalue weighted by Crippen LogP contribution is -2.30. The molecule has 0 radical (unpaired) electrons. The summed E-state index contributed by atoms with van der Waals surface area (Å²) in [4.78, 5) is 11.7. The van der Waals surface area contributed by atoms with Gasteiger partial charge in [0.15, 0.2) is 0 Å². The zero-order valence-corrected chi connectivity index (χ0v) is 14.3. The summed E-state index contributed by atoms with van der Waals surface area (Å²) in [5.41, 5.74) is 8.86. The molecule has 1 saturated heterocycles. The second-order valence-electron chi connectivity index (χ2n) is 6.55. The van der Waals surface area contributed by atoms with Gasteiger partial charge in [0.2, 0.25) is 5.95 Å². The first-order valence-electron chi connectivity index (χ1n) is 8.87. The number of imidazole rings is 1. The van der Waals surface area contributed by atoms with Gasteiger partial charge in [0.05, 0.1) is 23.3 Å². The van der Waals surface area contributed by atoms with Gasteiger partial charge in [0, 0.05) is 38.4 Å². The number of anilines is 1. The number of nitrogens with one attached hydrogen (secondary N) is 1. The van der Waals surface area contributed by atoms with Crippen LogP contribution in [0.15, 0.2) is 48.7 Å². The van der Waals surface area contributed by atoms with E-state index in [1.807, 2.05) is 24.4 Å². The number of pyridine rings is 1. The number of nitrogens with zero attached hydrogens (tertiary/aromatic N) is 4.